The maximum Gasteiger partial charge on any atom is 0.223 e. The number of amides is 1. The fourth-order valence-electron chi connectivity index (χ4n) is 3.60. The van der Waals surface area contributed by atoms with Crippen molar-refractivity contribution in [1.29, 1.82) is 0 Å². The van der Waals surface area contributed by atoms with Crippen LogP contribution < -0.4 is 0 Å². The van der Waals surface area contributed by atoms with Crippen molar-refractivity contribution in [2.24, 2.45) is 7.05 Å². The van der Waals surface area contributed by atoms with Gasteiger partial charge in [-0.2, -0.15) is 9.90 Å². The molecule has 1 atom stereocenters. The number of H-pyrrole nitrogens is 1. The minimum absolute atomic E-state index is 0.129. The molecule has 2 aliphatic rings. The Balaban J connectivity index is 1.35. The Hall–Kier alpha value is -2.29. The van der Waals surface area contributed by atoms with E-state index in [1.54, 1.807) is 7.05 Å². The Kier molecular flexibility index (Phi) is 4.48. The highest BCUT2D eigenvalue weighted by Gasteiger charge is 2.28. The Bertz CT molecular complexity index is 754. The Morgan fingerprint density at radius 2 is 2.24 bits per heavy atom. The number of aromatic amines is 1. The zero-order valence-corrected chi connectivity index (χ0v) is 14.4. The number of tetrazole rings is 1. The first-order valence-electron chi connectivity index (χ1n) is 8.89. The molecule has 1 aliphatic carbocycles. The third kappa shape index (κ3) is 3.41. The molecule has 9 heteroatoms. The number of carbonyl (C=O) groups is 1. The first kappa shape index (κ1) is 16.2. The number of rotatable bonds is 4. The fraction of sp³-hybridized carbons (Fsp3) is 0.688. The van der Waals surface area contributed by atoms with E-state index in [4.69, 9.17) is 4.74 Å². The van der Waals surface area contributed by atoms with Gasteiger partial charge in [0.2, 0.25) is 11.7 Å². The highest BCUT2D eigenvalue weighted by Crippen LogP contribution is 2.24. The second-order valence-corrected chi connectivity index (χ2v) is 6.67. The van der Waals surface area contributed by atoms with Crippen molar-refractivity contribution in [2.75, 3.05) is 19.7 Å². The van der Waals surface area contributed by atoms with E-state index < -0.39 is 0 Å². The third-order valence-electron chi connectivity index (χ3n) is 4.95. The van der Waals surface area contributed by atoms with E-state index in [-0.39, 0.29) is 12.0 Å². The molecule has 1 amide bonds. The van der Waals surface area contributed by atoms with Gasteiger partial charge in [-0.1, -0.05) is 0 Å². The molecule has 0 saturated carbocycles. The lowest BCUT2D eigenvalue weighted by atomic mass is 9.94. The molecule has 3 heterocycles. The molecule has 0 spiro atoms. The van der Waals surface area contributed by atoms with Crippen LogP contribution in [0.3, 0.4) is 0 Å². The summed E-state index contributed by atoms with van der Waals surface area (Å²) >= 11 is 0. The van der Waals surface area contributed by atoms with E-state index in [1.807, 2.05) is 4.90 Å². The molecule has 2 aromatic heterocycles. The van der Waals surface area contributed by atoms with Crippen LogP contribution in [0.1, 0.15) is 48.1 Å². The number of hydrogen-bond donors (Lipinski definition) is 1. The number of hydrogen-bond acceptors (Lipinski definition) is 6. The van der Waals surface area contributed by atoms with E-state index in [2.05, 4.69) is 25.6 Å². The van der Waals surface area contributed by atoms with Gasteiger partial charge in [0.15, 0.2) is 0 Å². The molecule has 1 N–H and O–H groups in total. The van der Waals surface area contributed by atoms with Crippen LogP contribution in [0.25, 0.3) is 0 Å². The zero-order valence-electron chi connectivity index (χ0n) is 14.4. The predicted molar refractivity (Wildman–Crippen MR) is 87.6 cm³/mol. The average molecular weight is 345 g/mol. The van der Waals surface area contributed by atoms with Crippen molar-refractivity contribution >= 4 is 5.91 Å². The highest BCUT2D eigenvalue weighted by molar-refractivity contribution is 5.76. The summed E-state index contributed by atoms with van der Waals surface area (Å²) in [5.74, 6) is 0.658. The summed E-state index contributed by atoms with van der Waals surface area (Å²) in [4.78, 5) is 15.9. The number of aromatic nitrogens is 6. The molecule has 4 rings (SSSR count). The normalized spacial score (nSPS) is 20.5. The van der Waals surface area contributed by atoms with Gasteiger partial charge in [0.05, 0.1) is 25.9 Å². The number of ether oxygens (including phenoxy) is 1. The quantitative estimate of drug-likeness (QED) is 0.858. The van der Waals surface area contributed by atoms with Crippen molar-refractivity contribution in [3.05, 3.63) is 22.8 Å². The molecule has 2 aromatic rings. The van der Waals surface area contributed by atoms with Gasteiger partial charge in [-0.05, 0) is 36.5 Å². The van der Waals surface area contributed by atoms with E-state index in [9.17, 15) is 4.79 Å². The summed E-state index contributed by atoms with van der Waals surface area (Å²) in [6, 6.07) is 0. The van der Waals surface area contributed by atoms with Gasteiger partial charge in [-0.25, -0.2) is 0 Å². The standard InChI is InChI=1S/C16H23N7O2/c1-22-20-16(19-21-22)14-10-23(8-9-25-14)15(24)7-6-13-11-4-2-3-5-12(11)17-18-13/h14H,2-10H2,1H3,(H,17,18). The summed E-state index contributed by atoms with van der Waals surface area (Å²) in [7, 11) is 1.72. The third-order valence-corrected chi connectivity index (χ3v) is 4.95. The van der Waals surface area contributed by atoms with Crippen LogP contribution in [-0.4, -0.2) is 60.9 Å². The van der Waals surface area contributed by atoms with Gasteiger partial charge in [-0.15, -0.1) is 10.2 Å². The average Bonchev–Trinajstić information content (AvgIpc) is 3.26. The number of carbonyl (C=O) groups excluding carboxylic acids is 1. The van der Waals surface area contributed by atoms with Gasteiger partial charge in [0.1, 0.15) is 6.10 Å². The number of fused-ring (bicyclic) bond motifs is 1. The molecule has 1 saturated heterocycles. The Labute approximate surface area is 145 Å². The minimum atomic E-state index is -0.301. The van der Waals surface area contributed by atoms with Crippen molar-refractivity contribution in [2.45, 2.75) is 44.6 Å². The SMILES string of the molecule is Cn1nnc(C2CN(C(=O)CCc3n[nH]c4c3CCCC4)CCO2)n1. The summed E-state index contributed by atoms with van der Waals surface area (Å²) in [5, 5.41) is 19.6. The van der Waals surface area contributed by atoms with Crippen LogP contribution >= 0.6 is 0 Å². The Morgan fingerprint density at radius 1 is 1.36 bits per heavy atom. The first-order chi connectivity index (χ1) is 12.2. The molecule has 9 nitrogen and oxygen atoms in total. The monoisotopic (exact) mass is 345 g/mol. The molecule has 1 aliphatic heterocycles. The lowest BCUT2D eigenvalue weighted by Gasteiger charge is -2.31. The largest absolute Gasteiger partial charge is 0.366 e. The lowest BCUT2D eigenvalue weighted by Crippen LogP contribution is -2.42. The van der Waals surface area contributed by atoms with Gasteiger partial charge < -0.3 is 9.64 Å². The summed E-state index contributed by atoms with van der Waals surface area (Å²) < 4.78 is 5.69. The topological polar surface area (TPSA) is 102 Å². The van der Waals surface area contributed by atoms with E-state index in [0.29, 0.717) is 38.4 Å². The fourth-order valence-corrected chi connectivity index (χ4v) is 3.60. The summed E-state index contributed by atoms with van der Waals surface area (Å²) in [5.41, 5.74) is 3.65. The summed E-state index contributed by atoms with van der Waals surface area (Å²) in [6.45, 7) is 1.57. The maximum atomic E-state index is 12.6. The predicted octanol–water partition coefficient (Wildman–Crippen LogP) is 0.345. The molecule has 25 heavy (non-hydrogen) atoms. The van der Waals surface area contributed by atoms with Gasteiger partial charge in [0, 0.05) is 25.1 Å². The Morgan fingerprint density at radius 3 is 3.08 bits per heavy atom. The number of morpholine rings is 1. The smallest absolute Gasteiger partial charge is 0.223 e. The number of nitrogens with one attached hydrogen (secondary N) is 1. The molecule has 0 bridgehead atoms. The van der Waals surface area contributed by atoms with E-state index in [1.165, 1.54) is 28.9 Å². The van der Waals surface area contributed by atoms with Crippen molar-refractivity contribution in [3.8, 4) is 0 Å². The molecule has 0 aromatic carbocycles. The van der Waals surface area contributed by atoms with Gasteiger partial charge in [0.25, 0.3) is 0 Å². The minimum Gasteiger partial charge on any atom is -0.366 e. The van der Waals surface area contributed by atoms with Crippen molar-refractivity contribution in [1.82, 2.24) is 35.3 Å². The van der Waals surface area contributed by atoms with Gasteiger partial charge >= 0.3 is 0 Å². The first-order valence-corrected chi connectivity index (χ1v) is 8.89. The second-order valence-electron chi connectivity index (χ2n) is 6.67. The summed E-state index contributed by atoms with van der Waals surface area (Å²) in [6.07, 6.45) is 5.45. The van der Waals surface area contributed by atoms with E-state index >= 15 is 0 Å². The molecule has 0 radical (unpaired) electrons. The molecule has 134 valence electrons. The lowest BCUT2D eigenvalue weighted by molar-refractivity contribution is -0.139. The van der Waals surface area contributed by atoms with Crippen molar-refractivity contribution < 1.29 is 9.53 Å². The second kappa shape index (κ2) is 6.91. The van der Waals surface area contributed by atoms with Gasteiger partial charge in [-0.3, -0.25) is 9.89 Å². The van der Waals surface area contributed by atoms with Crippen molar-refractivity contribution in [3.63, 3.8) is 0 Å². The number of aryl methyl sites for hydroxylation is 3. The van der Waals surface area contributed by atoms with Crippen LogP contribution in [0, 0.1) is 0 Å². The highest BCUT2D eigenvalue weighted by atomic mass is 16.5. The molecule has 1 unspecified atom stereocenters. The molecular weight excluding hydrogens is 322 g/mol. The molecular formula is C16H23N7O2. The van der Waals surface area contributed by atoms with Crippen LogP contribution in [0.4, 0.5) is 0 Å². The molecule has 1 fully saturated rings. The zero-order chi connectivity index (χ0) is 17.2. The van der Waals surface area contributed by atoms with Crippen LogP contribution in [0.15, 0.2) is 0 Å². The van der Waals surface area contributed by atoms with Crippen LogP contribution in [-0.2, 0) is 35.8 Å². The maximum absolute atomic E-state index is 12.6. The number of nitrogens with zero attached hydrogens (tertiary/aromatic N) is 6. The van der Waals surface area contributed by atoms with E-state index in [0.717, 1.165) is 18.5 Å². The van der Waals surface area contributed by atoms with Crippen LogP contribution in [0.2, 0.25) is 0 Å². The van der Waals surface area contributed by atoms with Crippen LogP contribution in [0.5, 0.6) is 0 Å².